The van der Waals surface area contributed by atoms with E-state index in [4.69, 9.17) is 20.0 Å². The van der Waals surface area contributed by atoms with Gasteiger partial charge in [-0.3, -0.25) is 0 Å². The summed E-state index contributed by atoms with van der Waals surface area (Å²) in [6.45, 7) is 8.84. The van der Waals surface area contributed by atoms with Crippen LogP contribution in [0.4, 0.5) is 0 Å². The molecule has 0 saturated carbocycles. The van der Waals surface area contributed by atoms with Gasteiger partial charge in [-0.25, -0.2) is 0 Å². The first-order valence-corrected chi connectivity index (χ1v) is 13.4. The Morgan fingerprint density at radius 1 is 0.769 bits per heavy atom. The van der Waals surface area contributed by atoms with Gasteiger partial charge in [-0.2, -0.15) is 0 Å². The van der Waals surface area contributed by atoms with Gasteiger partial charge in [0, 0.05) is 0 Å². The van der Waals surface area contributed by atoms with Crippen molar-refractivity contribution in [1.82, 2.24) is 0 Å². The Hall–Kier alpha value is 1.12. The van der Waals surface area contributed by atoms with Crippen molar-refractivity contribution in [3.63, 3.8) is 0 Å². The van der Waals surface area contributed by atoms with Crippen LogP contribution in [0.5, 0.6) is 0 Å². The molecule has 0 rings (SSSR count). The normalized spacial score (nSPS) is 12.9. The van der Waals surface area contributed by atoms with E-state index in [1.807, 2.05) is 0 Å². The first-order chi connectivity index (χ1) is 6.04. The summed E-state index contributed by atoms with van der Waals surface area (Å²) in [6.07, 6.45) is 4.61. The second-order valence-electron chi connectivity index (χ2n) is 3.70. The molecule has 0 aromatic heterocycles. The summed E-state index contributed by atoms with van der Waals surface area (Å²) in [4.78, 5) is 0. The molecule has 0 heterocycles. The van der Waals surface area contributed by atoms with Crippen LogP contribution >= 0.6 is 20.0 Å². The zero-order chi connectivity index (χ0) is 10.5. The van der Waals surface area contributed by atoms with Crippen molar-refractivity contribution in [3.8, 4) is 0 Å². The standard InChI is InChI=1S/C10H22Cl2Ge/c1-5-9(6-2)13(11,12)10(7-3)8-4/h9-10H,5-8H2,1-4H3. The maximum atomic E-state index is 6.62. The van der Waals surface area contributed by atoms with Gasteiger partial charge in [0.2, 0.25) is 0 Å². The Labute approximate surface area is 94.1 Å². The van der Waals surface area contributed by atoms with E-state index in [0.717, 1.165) is 25.7 Å². The molecule has 0 amide bonds. The Bertz CT molecular complexity index is 115. The van der Waals surface area contributed by atoms with E-state index in [0.29, 0.717) is 9.50 Å². The average molecular weight is 286 g/mol. The van der Waals surface area contributed by atoms with E-state index in [-0.39, 0.29) is 0 Å². The van der Waals surface area contributed by atoms with Crippen LogP contribution in [0, 0.1) is 0 Å². The fraction of sp³-hybridized carbons (Fsp3) is 1.00. The summed E-state index contributed by atoms with van der Waals surface area (Å²) in [6, 6.07) is 0. The molecule has 0 aliphatic carbocycles. The number of halogens is 2. The second-order valence-corrected chi connectivity index (χ2v) is 17.5. The van der Waals surface area contributed by atoms with Crippen molar-refractivity contribution in [2.75, 3.05) is 0 Å². The van der Waals surface area contributed by atoms with Crippen molar-refractivity contribution in [2.24, 2.45) is 0 Å². The predicted molar refractivity (Wildman–Crippen MR) is 66.1 cm³/mol. The Balaban J connectivity index is 4.48. The van der Waals surface area contributed by atoms with Gasteiger partial charge in [0.25, 0.3) is 0 Å². The fourth-order valence-corrected chi connectivity index (χ4v) is 14.4. The number of hydrogen-bond acceptors (Lipinski definition) is 0. The third kappa shape index (κ3) is 3.64. The van der Waals surface area contributed by atoms with Gasteiger partial charge < -0.3 is 0 Å². The third-order valence-corrected chi connectivity index (χ3v) is 17.5. The topological polar surface area (TPSA) is 0 Å². The van der Waals surface area contributed by atoms with Crippen LogP contribution in [0.3, 0.4) is 0 Å². The molecular formula is C10H22Cl2Ge. The first kappa shape index (κ1) is 14.1. The molecule has 80 valence electrons. The summed E-state index contributed by atoms with van der Waals surface area (Å²) < 4.78 is 1.24. The maximum absolute atomic E-state index is 6.62. The molecule has 13 heavy (non-hydrogen) atoms. The zero-order valence-corrected chi connectivity index (χ0v) is 12.8. The molecule has 0 nitrogen and oxygen atoms in total. The van der Waals surface area contributed by atoms with Crippen molar-refractivity contribution in [3.05, 3.63) is 0 Å². The third-order valence-electron chi connectivity index (χ3n) is 3.06. The van der Waals surface area contributed by atoms with Crippen LogP contribution in [0.25, 0.3) is 0 Å². The molecule has 0 aromatic carbocycles. The van der Waals surface area contributed by atoms with E-state index in [1.165, 1.54) is 0 Å². The molecule has 0 radical (unpaired) electrons. The fourth-order valence-electron chi connectivity index (χ4n) is 2.00. The van der Waals surface area contributed by atoms with Crippen molar-refractivity contribution in [1.29, 1.82) is 0 Å². The molecule has 3 heteroatoms. The zero-order valence-electron chi connectivity index (χ0n) is 9.24. The predicted octanol–water partition coefficient (Wildman–Crippen LogP) is 5.29. The van der Waals surface area contributed by atoms with Crippen LogP contribution < -0.4 is 0 Å². The van der Waals surface area contributed by atoms with Gasteiger partial charge in [-0.05, 0) is 0 Å². The van der Waals surface area contributed by atoms with E-state index >= 15 is 0 Å². The molecule has 0 bridgehead atoms. The molecule has 0 saturated heterocycles. The first-order valence-electron chi connectivity index (χ1n) is 5.42. The quantitative estimate of drug-likeness (QED) is 0.582. The molecule has 0 spiro atoms. The van der Waals surface area contributed by atoms with Gasteiger partial charge >= 0.3 is 94.3 Å². The molecule has 0 N–H and O–H groups in total. The summed E-state index contributed by atoms with van der Waals surface area (Å²) >= 11 is -2.54. The van der Waals surface area contributed by atoms with Crippen LogP contribution in [0.1, 0.15) is 53.4 Å². The van der Waals surface area contributed by atoms with Crippen molar-refractivity contribution < 1.29 is 0 Å². The summed E-state index contributed by atoms with van der Waals surface area (Å²) in [7, 11) is 13.2. The second kappa shape index (κ2) is 6.58. The van der Waals surface area contributed by atoms with E-state index < -0.39 is 11.4 Å². The SMILES string of the molecule is CC[CH](CC)[Ge]([Cl])([Cl])[CH](CC)CC. The minimum atomic E-state index is -2.54. The molecule has 0 unspecified atom stereocenters. The molecule has 0 aliphatic rings. The molecule has 0 fully saturated rings. The Morgan fingerprint density at radius 3 is 1.15 bits per heavy atom. The van der Waals surface area contributed by atoms with Gasteiger partial charge in [-0.15, -0.1) is 0 Å². The minimum absolute atomic E-state index is 0.619. The molecular weight excluding hydrogens is 264 g/mol. The summed E-state index contributed by atoms with van der Waals surface area (Å²) in [5.74, 6) is 0. The molecule has 0 aromatic rings. The Kier molecular flexibility index (Phi) is 7.15. The van der Waals surface area contributed by atoms with Gasteiger partial charge in [0.05, 0.1) is 0 Å². The van der Waals surface area contributed by atoms with Crippen LogP contribution in [0.2, 0.25) is 9.50 Å². The van der Waals surface area contributed by atoms with Gasteiger partial charge in [-0.1, -0.05) is 0 Å². The number of rotatable bonds is 6. The van der Waals surface area contributed by atoms with Crippen LogP contribution in [-0.4, -0.2) is 11.4 Å². The van der Waals surface area contributed by atoms with Gasteiger partial charge in [0.1, 0.15) is 0 Å². The van der Waals surface area contributed by atoms with Crippen molar-refractivity contribution in [2.45, 2.75) is 62.9 Å². The molecule has 0 aliphatic heterocycles. The van der Waals surface area contributed by atoms with E-state index in [9.17, 15) is 0 Å². The summed E-state index contributed by atoms with van der Waals surface area (Å²) in [5.41, 5.74) is 0. The average Bonchev–Trinajstić information content (AvgIpc) is 2.07. The van der Waals surface area contributed by atoms with Crippen molar-refractivity contribution >= 4 is 31.4 Å². The molecule has 0 atom stereocenters. The van der Waals surface area contributed by atoms with E-state index in [2.05, 4.69) is 27.7 Å². The Morgan fingerprint density at radius 2 is 1.00 bits per heavy atom. The number of hydrogen-bond donors (Lipinski definition) is 0. The van der Waals surface area contributed by atoms with E-state index in [1.54, 1.807) is 0 Å². The monoisotopic (exact) mass is 286 g/mol. The summed E-state index contributed by atoms with van der Waals surface area (Å²) in [5, 5.41) is 0. The van der Waals surface area contributed by atoms with Crippen LogP contribution in [-0.2, 0) is 0 Å². The van der Waals surface area contributed by atoms with Crippen LogP contribution in [0.15, 0.2) is 0 Å². The van der Waals surface area contributed by atoms with Gasteiger partial charge in [0.15, 0.2) is 0 Å².